The van der Waals surface area contributed by atoms with Crippen molar-refractivity contribution in [3.8, 4) is 0 Å². The smallest absolute Gasteiger partial charge is 0.219 e. The van der Waals surface area contributed by atoms with E-state index in [4.69, 9.17) is 0 Å². The molecule has 0 saturated carbocycles. The standard InChI is InChI=1S/C19H29N3O/c1-16-14-20(9-8-18-6-4-3-5-7-18)15-19(16)22-12-10-21(11-13-22)17(2)23/h3-7,16,19H,8-15H2,1-2H3/t16-,19+/m0/s1. The van der Waals surface area contributed by atoms with E-state index in [-0.39, 0.29) is 5.91 Å². The van der Waals surface area contributed by atoms with E-state index in [2.05, 4.69) is 47.1 Å². The molecule has 0 aromatic heterocycles. The van der Waals surface area contributed by atoms with E-state index in [1.807, 2.05) is 4.90 Å². The van der Waals surface area contributed by atoms with Gasteiger partial charge in [0.25, 0.3) is 0 Å². The molecule has 0 radical (unpaired) electrons. The first-order valence-corrected chi connectivity index (χ1v) is 8.89. The number of piperazine rings is 1. The molecule has 2 aliphatic heterocycles. The highest BCUT2D eigenvalue weighted by atomic mass is 16.2. The Balaban J connectivity index is 1.48. The highest BCUT2D eigenvalue weighted by Gasteiger charge is 2.35. The van der Waals surface area contributed by atoms with Crippen molar-refractivity contribution in [3.63, 3.8) is 0 Å². The molecule has 2 fully saturated rings. The molecular weight excluding hydrogens is 286 g/mol. The fourth-order valence-electron chi connectivity index (χ4n) is 4.01. The van der Waals surface area contributed by atoms with Crippen molar-refractivity contribution in [3.05, 3.63) is 35.9 Å². The Morgan fingerprint density at radius 3 is 2.43 bits per heavy atom. The first kappa shape index (κ1) is 16.5. The highest BCUT2D eigenvalue weighted by molar-refractivity contribution is 5.73. The Bertz CT molecular complexity index is 511. The van der Waals surface area contributed by atoms with E-state index in [0.29, 0.717) is 6.04 Å². The van der Waals surface area contributed by atoms with Crippen LogP contribution in [0.3, 0.4) is 0 Å². The zero-order chi connectivity index (χ0) is 16.2. The van der Waals surface area contributed by atoms with Gasteiger partial charge in [0.2, 0.25) is 5.91 Å². The predicted octanol–water partition coefficient (Wildman–Crippen LogP) is 1.71. The lowest BCUT2D eigenvalue weighted by Crippen LogP contribution is -2.53. The van der Waals surface area contributed by atoms with Crippen molar-refractivity contribution < 1.29 is 4.79 Å². The third kappa shape index (κ3) is 4.12. The van der Waals surface area contributed by atoms with Crippen LogP contribution in [0.4, 0.5) is 0 Å². The van der Waals surface area contributed by atoms with E-state index >= 15 is 0 Å². The first-order valence-electron chi connectivity index (χ1n) is 8.89. The molecule has 0 bridgehead atoms. The van der Waals surface area contributed by atoms with E-state index in [9.17, 15) is 4.79 Å². The second-order valence-electron chi connectivity index (χ2n) is 7.08. The average Bonchev–Trinajstić information content (AvgIpc) is 2.95. The molecule has 1 aromatic rings. The van der Waals surface area contributed by atoms with Gasteiger partial charge >= 0.3 is 0 Å². The molecule has 3 rings (SSSR count). The van der Waals surface area contributed by atoms with Gasteiger partial charge in [0.1, 0.15) is 0 Å². The lowest BCUT2D eigenvalue weighted by atomic mass is 10.0. The van der Waals surface area contributed by atoms with Gasteiger partial charge in [-0.15, -0.1) is 0 Å². The van der Waals surface area contributed by atoms with Crippen LogP contribution in [0, 0.1) is 5.92 Å². The third-order valence-corrected chi connectivity index (χ3v) is 5.44. The Hall–Kier alpha value is -1.39. The van der Waals surface area contributed by atoms with Crippen LogP contribution < -0.4 is 0 Å². The van der Waals surface area contributed by atoms with Gasteiger partial charge in [-0.2, -0.15) is 0 Å². The number of nitrogens with zero attached hydrogens (tertiary/aromatic N) is 3. The maximum atomic E-state index is 11.5. The van der Waals surface area contributed by atoms with Crippen molar-refractivity contribution in [2.75, 3.05) is 45.8 Å². The van der Waals surface area contributed by atoms with Crippen LogP contribution in [0.1, 0.15) is 19.4 Å². The second kappa shape index (κ2) is 7.45. The summed E-state index contributed by atoms with van der Waals surface area (Å²) in [6.45, 7) is 11.4. The van der Waals surface area contributed by atoms with Crippen LogP contribution in [-0.4, -0.2) is 72.5 Å². The van der Waals surface area contributed by atoms with Crippen molar-refractivity contribution >= 4 is 5.91 Å². The molecule has 0 unspecified atom stereocenters. The zero-order valence-corrected chi connectivity index (χ0v) is 14.4. The molecule has 2 atom stereocenters. The van der Waals surface area contributed by atoms with Crippen molar-refractivity contribution in [2.24, 2.45) is 5.92 Å². The summed E-state index contributed by atoms with van der Waals surface area (Å²) in [5.74, 6) is 0.934. The topological polar surface area (TPSA) is 26.8 Å². The summed E-state index contributed by atoms with van der Waals surface area (Å²) in [5.41, 5.74) is 1.43. The fraction of sp³-hybridized carbons (Fsp3) is 0.632. The van der Waals surface area contributed by atoms with Crippen molar-refractivity contribution in [1.82, 2.24) is 14.7 Å². The number of hydrogen-bond acceptors (Lipinski definition) is 3. The summed E-state index contributed by atoms with van der Waals surface area (Å²) in [6.07, 6.45) is 1.14. The van der Waals surface area contributed by atoms with Crippen LogP contribution in [0.25, 0.3) is 0 Å². The second-order valence-corrected chi connectivity index (χ2v) is 7.08. The van der Waals surface area contributed by atoms with E-state index in [1.54, 1.807) is 6.92 Å². The summed E-state index contributed by atoms with van der Waals surface area (Å²) in [6, 6.07) is 11.4. The monoisotopic (exact) mass is 315 g/mol. The summed E-state index contributed by atoms with van der Waals surface area (Å²) in [5, 5.41) is 0. The lowest BCUT2D eigenvalue weighted by Gasteiger charge is -2.39. The fourth-order valence-corrected chi connectivity index (χ4v) is 4.01. The SMILES string of the molecule is CC(=O)N1CCN([C@@H]2CN(CCc3ccccc3)C[C@@H]2C)CC1. The van der Waals surface area contributed by atoms with Crippen LogP contribution >= 0.6 is 0 Å². The summed E-state index contributed by atoms with van der Waals surface area (Å²) >= 11 is 0. The number of benzene rings is 1. The molecule has 1 amide bonds. The van der Waals surface area contributed by atoms with E-state index in [1.165, 1.54) is 18.7 Å². The van der Waals surface area contributed by atoms with Gasteiger partial charge in [-0.3, -0.25) is 9.69 Å². The van der Waals surface area contributed by atoms with Crippen LogP contribution in [0.15, 0.2) is 30.3 Å². The zero-order valence-electron chi connectivity index (χ0n) is 14.4. The van der Waals surface area contributed by atoms with E-state index in [0.717, 1.165) is 45.1 Å². The molecule has 2 aliphatic rings. The summed E-state index contributed by atoms with van der Waals surface area (Å²) < 4.78 is 0. The maximum Gasteiger partial charge on any atom is 0.219 e. The molecule has 126 valence electrons. The van der Waals surface area contributed by atoms with E-state index < -0.39 is 0 Å². The van der Waals surface area contributed by atoms with Crippen LogP contribution in [-0.2, 0) is 11.2 Å². The Morgan fingerprint density at radius 1 is 1.09 bits per heavy atom. The normalized spacial score (nSPS) is 26.6. The van der Waals surface area contributed by atoms with Crippen molar-refractivity contribution in [2.45, 2.75) is 26.3 Å². The first-order chi connectivity index (χ1) is 11.1. The van der Waals surface area contributed by atoms with Gasteiger partial charge in [0.15, 0.2) is 0 Å². The molecule has 0 N–H and O–H groups in total. The average molecular weight is 315 g/mol. The van der Waals surface area contributed by atoms with Gasteiger partial charge < -0.3 is 9.80 Å². The van der Waals surface area contributed by atoms with Gasteiger partial charge in [-0.25, -0.2) is 0 Å². The number of likely N-dealkylation sites (tertiary alicyclic amines) is 1. The molecule has 0 spiro atoms. The Kier molecular flexibility index (Phi) is 5.34. The Morgan fingerprint density at radius 2 is 1.78 bits per heavy atom. The molecule has 1 aromatic carbocycles. The molecule has 0 aliphatic carbocycles. The quantitative estimate of drug-likeness (QED) is 0.846. The largest absolute Gasteiger partial charge is 0.340 e. The van der Waals surface area contributed by atoms with Gasteiger partial charge in [0, 0.05) is 58.8 Å². The minimum absolute atomic E-state index is 0.216. The number of hydrogen-bond donors (Lipinski definition) is 0. The predicted molar refractivity (Wildman–Crippen MR) is 93.4 cm³/mol. The minimum atomic E-state index is 0.216. The molecule has 2 saturated heterocycles. The molecule has 2 heterocycles. The van der Waals surface area contributed by atoms with Gasteiger partial charge in [0.05, 0.1) is 0 Å². The van der Waals surface area contributed by atoms with Crippen molar-refractivity contribution in [1.29, 1.82) is 0 Å². The number of carbonyl (C=O) groups excluding carboxylic acids is 1. The number of carbonyl (C=O) groups is 1. The minimum Gasteiger partial charge on any atom is -0.340 e. The summed E-state index contributed by atoms with van der Waals surface area (Å²) in [7, 11) is 0. The lowest BCUT2D eigenvalue weighted by molar-refractivity contribution is -0.130. The van der Waals surface area contributed by atoms with Gasteiger partial charge in [-0.1, -0.05) is 37.3 Å². The summed E-state index contributed by atoms with van der Waals surface area (Å²) in [4.78, 5) is 18.7. The molecule has 23 heavy (non-hydrogen) atoms. The van der Waals surface area contributed by atoms with Gasteiger partial charge in [-0.05, 0) is 17.9 Å². The highest BCUT2D eigenvalue weighted by Crippen LogP contribution is 2.23. The molecular formula is C19H29N3O. The molecule has 4 heteroatoms. The third-order valence-electron chi connectivity index (χ3n) is 5.44. The Labute approximate surface area is 140 Å². The number of rotatable bonds is 4. The number of amides is 1. The van der Waals surface area contributed by atoms with Crippen LogP contribution in [0.5, 0.6) is 0 Å². The maximum absolute atomic E-state index is 11.5. The van der Waals surface area contributed by atoms with Crippen LogP contribution in [0.2, 0.25) is 0 Å². The molecule has 4 nitrogen and oxygen atoms in total.